The highest BCUT2D eigenvalue weighted by Gasteiger charge is 2.20. The molecule has 9 nitrogen and oxygen atoms in total. The van der Waals surface area contributed by atoms with Crippen molar-refractivity contribution in [3.8, 4) is 11.5 Å². The van der Waals surface area contributed by atoms with Crippen LogP contribution in [-0.2, 0) is 22.6 Å². The van der Waals surface area contributed by atoms with Crippen molar-refractivity contribution in [1.29, 1.82) is 0 Å². The highest BCUT2D eigenvalue weighted by atomic mass is 16.6. The lowest BCUT2D eigenvalue weighted by atomic mass is 10.1. The van der Waals surface area contributed by atoms with Crippen LogP contribution in [0.1, 0.15) is 18.1 Å². The lowest BCUT2D eigenvalue weighted by Crippen LogP contribution is -2.41. The number of carboxylic acid groups (broad SMARTS) is 1. The van der Waals surface area contributed by atoms with Crippen molar-refractivity contribution in [2.45, 2.75) is 26.0 Å². The van der Waals surface area contributed by atoms with Gasteiger partial charge in [0.25, 0.3) is 5.69 Å². The maximum atomic E-state index is 11.2. The van der Waals surface area contributed by atoms with E-state index in [1.165, 1.54) is 25.1 Å². The van der Waals surface area contributed by atoms with Gasteiger partial charge in [0.2, 0.25) is 5.91 Å². The second kappa shape index (κ2) is 8.65. The van der Waals surface area contributed by atoms with Gasteiger partial charge in [-0.25, -0.2) is 4.79 Å². The molecule has 1 unspecified atom stereocenters. The molecule has 1 amide bonds. The number of nitro benzene ring substituents is 1. The van der Waals surface area contributed by atoms with Gasteiger partial charge in [0.05, 0.1) is 10.5 Å². The molecule has 0 fully saturated rings. The van der Waals surface area contributed by atoms with Gasteiger partial charge in [-0.1, -0.05) is 18.2 Å². The number of amides is 1. The van der Waals surface area contributed by atoms with Crippen molar-refractivity contribution < 1.29 is 29.5 Å². The molecule has 0 heterocycles. The van der Waals surface area contributed by atoms with Crippen molar-refractivity contribution >= 4 is 17.6 Å². The molecular formula is C18H18N2O7. The second-order valence-electron chi connectivity index (χ2n) is 5.77. The number of aromatic hydroxyl groups is 1. The average Bonchev–Trinajstić information content (AvgIpc) is 2.60. The van der Waals surface area contributed by atoms with Crippen molar-refractivity contribution in [3.05, 3.63) is 63.7 Å². The minimum atomic E-state index is -1.19. The van der Waals surface area contributed by atoms with Crippen molar-refractivity contribution in [2.75, 3.05) is 0 Å². The van der Waals surface area contributed by atoms with E-state index in [9.17, 15) is 24.8 Å². The molecule has 142 valence electrons. The number of nitrogens with one attached hydrogen (secondary N) is 1. The van der Waals surface area contributed by atoms with Crippen molar-refractivity contribution in [2.24, 2.45) is 0 Å². The van der Waals surface area contributed by atoms with Crippen LogP contribution in [0.5, 0.6) is 11.5 Å². The average molecular weight is 374 g/mol. The maximum absolute atomic E-state index is 11.2. The third kappa shape index (κ3) is 5.43. The number of hydrogen-bond donors (Lipinski definition) is 3. The Morgan fingerprint density at radius 3 is 2.56 bits per heavy atom. The summed E-state index contributed by atoms with van der Waals surface area (Å²) in [7, 11) is 0. The Morgan fingerprint density at radius 1 is 1.26 bits per heavy atom. The van der Waals surface area contributed by atoms with Crippen LogP contribution in [0, 0.1) is 10.1 Å². The topological polar surface area (TPSA) is 139 Å². The molecule has 0 spiro atoms. The monoisotopic (exact) mass is 374 g/mol. The zero-order valence-corrected chi connectivity index (χ0v) is 14.4. The lowest BCUT2D eigenvalue weighted by Gasteiger charge is -2.14. The number of phenols is 1. The largest absolute Gasteiger partial charge is 0.504 e. The van der Waals surface area contributed by atoms with Gasteiger partial charge in [0.15, 0.2) is 11.5 Å². The SMILES string of the molecule is CC(=O)NC(Cc1ccc(OCc2ccccc2[N+](=O)[O-])c(O)c1)C(=O)O. The third-order valence-corrected chi connectivity index (χ3v) is 3.71. The lowest BCUT2D eigenvalue weighted by molar-refractivity contribution is -0.385. The first-order valence-corrected chi connectivity index (χ1v) is 7.95. The molecule has 0 saturated carbocycles. The van der Waals surface area contributed by atoms with Crippen molar-refractivity contribution in [3.63, 3.8) is 0 Å². The fourth-order valence-electron chi connectivity index (χ4n) is 2.46. The molecule has 0 aliphatic carbocycles. The molecule has 1 atom stereocenters. The number of carboxylic acids is 1. The van der Waals surface area contributed by atoms with Gasteiger partial charge in [-0.2, -0.15) is 0 Å². The Kier molecular flexibility index (Phi) is 6.32. The van der Waals surface area contributed by atoms with Gasteiger partial charge in [0.1, 0.15) is 12.6 Å². The molecule has 0 aromatic heterocycles. The zero-order chi connectivity index (χ0) is 20.0. The number of hydrogen-bond acceptors (Lipinski definition) is 6. The van der Waals surface area contributed by atoms with E-state index in [1.54, 1.807) is 24.3 Å². The number of carbonyl (C=O) groups is 2. The minimum Gasteiger partial charge on any atom is -0.504 e. The van der Waals surface area contributed by atoms with E-state index in [2.05, 4.69) is 5.32 Å². The molecule has 3 N–H and O–H groups in total. The number of rotatable bonds is 8. The number of ether oxygens (including phenoxy) is 1. The van der Waals surface area contributed by atoms with Crippen LogP contribution in [0.3, 0.4) is 0 Å². The molecular weight excluding hydrogens is 356 g/mol. The number of nitro groups is 1. The number of carbonyl (C=O) groups excluding carboxylic acids is 1. The first-order chi connectivity index (χ1) is 12.8. The van der Waals surface area contributed by atoms with E-state index in [4.69, 9.17) is 9.84 Å². The predicted molar refractivity (Wildman–Crippen MR) is 94.5 cm³/mol. The number of para-hydroxylation sites is 1. The smallest absolute Gasteiger partial charge is 0.326 e. The summed E-state index contributed by atoms with van der Waals surface area (Å²) in [4.78, 5) is 32.7. The van der Waals surface area contributed by atoms with E-state index < -0.39 is 22.8 Å². The zero-order valence-electron chi connectivity index (χ0n) is 14.4. The Balaban J connectivity index is 2.10. The first kappa shape index (κ1) is 19.7. The van der Waals surface area contributed by atoms with E-state index >= 15 is 0 Å². The summed E-state index contributed by atoms with van der Waals surface area (Å²) in [6.45, 7) is 1.10. The number of benzene rings is 2. The third-order valence-electron chi connectivity index (χ3n) is 3.71. The normalized spacial score (nSPS) is 11.4. The summed E-state index contributed by atoms with van der Waals surface area (Å²) in [5.41, 5.74) is 0.738. The molecule has 27 heavy (non-hydrogen) atoms. The van der Waals surface area contributed by atoms with Crippen LogP contribution in [0.2, 0.25) is 0 Å². The summed E-state index contributed by atoms with van der Waals surface area (Å²) in [6.07, 6.45) is -0.0209. The summed E-state index contributed by atoms with van der Waals surface area (Å²) in [6, 6.07) is 9.28. The van der Waals surface area contributed by atoms with Crippen LogP contribution >= 0.6 is 0 Å². The standard InChI is InChI=1S/C18H18N2O7/c1-11(21)19-14(18(23)24)8-12-6-7-17(16(22)9-12)27-10-13-4-2-3-5-15(13)20(25)26/h2-7,9,14,22H,8,10H2,1H3,(H,19,21)(H,23,24). The van der Waals surface area contributed by atoms with Crippen LogP contribution in [0.25, 0.3) is 0 Å². The summed E-state index contributed by atoms with van der Waals surface area (Å²) in [5.74, 6) is -1.81. The Hall–Kier alpha value is -3.62. The predicted octanol–water partition coefficient (Wildman–Crippen LogP) is 2.01. The van der Waals surface area contributed by atoms with Gasteiger partial charge in [-0.05, 0) is 23.8 Å². The summed E-state index contributed by atoms with van der Waals surface area (Å²) >= 11 is 0. The highest BCUT2D eigenvalue weighted by molar-refractivity contribution is 5.82. The maximum Gasteiger partial charge on any atom is 0.326 e. The van der Waals surface area contributed by atoms with Crippen LogP contribution in [0.4, 0.5) is 5.69 Å². The van der Waals surface area contributed by atoms with E-state index in [0.29, 0.717) is 11.1 Å². The number of phenolic OH excluding ortho intramolecular Hbond substituents is 1. The quantitative estimate of drug-likeness (QED) is 0.474. The molecule has 0 radical (unpaired) electrons. The van der Waals surface area contributed by atoms with Gasteiger partial charge in [-0.3, -0.25) is 14.9 Å². The van der Waals surface area contributed by atoms with Gasteiger partial charge in [-0.15, -0.1) is 0 Å². The molecule has 2 aromatic rings. The minimum absolute atomic E-state index is 0.0209. The van der Waals surface area contributed by atoms with Gasteiger partial charge >= 0.3 is 5.97 Å². The Labute approximate surface area is 154 Å². The van der Waals surface area contributed by atoms with Gasteiger partial charge < -0.3 is 20.3 Å². The molecule has 2 aromatic carbocycles. The van der Waals surface area contributed by atoms with E-state index in [1.807, 2.05) is 0 Å². The van der Waals surface area contributed by atoms with E-state index in [0.717, 1.165) is 0 Å². The fourth-order valence-corrected chi connectivity index (χ4v) is 2.46. The Bertz CT molecular complexity index is 867. The molecule has 9 heteroatoms. The van der Waals surface area contributed by atoms with Crippen LogP contribution in [-0.4, -0.2) is 33.1 Å². The second-order valence-corrected chi connectivity index (χ2v) is 5.77. The molecule has 0 bridgehead atoms. The molecule has 2 rings (SSSR count). The summed E-state index contributed by atoms with van der Waals surface area (Å²) < 4.78 is 5.45. The van der Waals surface area contributed by atoms with Crippen LogP contribution in [0.15, 0.2) is 42.5 Å². The molecule has 0 aliphatic rings. The highest BCUT2D eigenvalue weighted by Crippen LogP contribution is 2.29. The first-order valence-electron chi connectivity index (χ1n) is 7.95. The fraction of sp³-hybridized carbons (Fsp3) is 0.222. The number of nitrogens with zero attached hydrogens (tertiary/aromatic N) is 1. The van der Waals surface area contributed by atoms with Gasteiger partial charge in [0, 0.05) is 19.4 Å². The van der Waals surface area contributed by atoms with E-state index in [-0.39, 0.29) is 30.2 Å². The van der Waals surface area contributed by atoms with Crippen molar-refractivity contribution in [1.82, 2.24) is 5.32 Å². The number of aliphatic carboxylic acids is 1. The molecule has 0 saturated heterocycles. The summed E-state index contributed by atoms with van der Waals surface area (Å²) in [5, 5.41) is 32.5. The van der Waals surface area contributed by atoms with Crippen LogP contribution < -0.4 is 10.1 Å². The Morgan fingerprint density at radius 2 is 1.96 bits per heavy atom. The molecule has 0 aliphatic heterocycles.